The lowest BCUT2D eigenvalue weighted by atomic mass is 9.87. The van der Waals surface area contributed by atoms with Gasteiger partial charge >= 0.3 is 0 Å². The topological polar surface area (TPSA) is 137 Å². The highest BCUT2D eigenvalue weighted by atomic mass is 16.1. The maximum absolute atomic E-state index is 13.0. The highest BCUT2D eigenvalue weighted by molar-refractivity contribution is 6.50. The smallest absolute Gasteiger partial charge is 0.205 e. The van der Waals surface area contributed by atoms with Crippen LogP contribution in [0.1, 0.15) is 62.8 Å². The molecule has 0 bridgehead atoms. The van der Waals surface area contributed by atoms with Crippen molar-refractivity contribution in [2.75, 3.05) is 18.0 Å². The van der Waals surface area contributed by atoms with Crippen LogP contribution >= 0.6 is 0 Å². The maximum Gasteiger partial charge on any atom is 0.205 e. The minimum atomic E-state index is -0.202. The average Bonchev–Trinajstić information content (AvgIpc) is 3.77. The number of nitrogens with one attached hydrogen (secondary N) is 2. The molecule has 58 heavy (non-hydrogen) atoms. The van der Waals surface area contributed by atoms with E-state index in [0.29, 0.717) is 38.4 Å². The van der Waals surface area contributed by atoms with Crippen LogP contribution in [0.5, 0.6) is 0 Å². The first kappa shape index (κ1) is 38.1. The number of hydrogen-bond acceptors (Lipinski definition) is 8. The Hall–Kier alpha value is -6.75. The third-order valence-corrected chi connectivity index (χ3v) is 10.7. The molecule has 0 spiro atoms. The number of nitrogens with zero attached hydrogens (tertiary/aromatic N) is 7. The Balaban J connectivity index is 0.000000165. The molecule has 0 radical (unpaired) electrons. The van der Waals surface area contributed by atoms with Gasteiger partial charge in [-0.25, -0.2) is 9.98 Å². The summed E-state index contributed by atoms with van der Waals surface area (Å²) in [5.74, 6) is 2.36. The second-order valence-corrected chi connectivity index (χ2v) is 16.1. The first-order valence-corrected chi connectivity index (χ1v) is 19.7. The fourth-order valence-electron chi connectivity index (χ4n) is 7.52. The fourth-order valence-corrected chi connectivity index (χ4v) is 7.52. The molecule has 1 aliphatic heterocycles. The van der Waals surface area contributed by atoms with E-state index in [2.05, 4.69) is 78.7 Å². The summed E-state index contributed by atoms with van der Waals surface area (Å²) in [6, 6.07) is 27.4. The van der Waals surface area contributed by atoms with Crippen LogP contribution in [0.4, 0.5) is 11.5 Å². The van der Waals surface area contributed by atoms with E-state index in [9.17, 15) is 9.59 Å². The van der Waals surface area contributed by atoms with Crippen molar-refractivity contribution in [1.29, 1.82) is 0 Å². The molecule has 8 aromatic rings. The van der Waals surface area contributed by atoms with Crippen molar-refractivity contribution in [2.45, 2.75) is 62.3 Å². The lowest BCUT2D eigenvalue weighted by Crippen LogP contribution is -2.27. The van der Waals surface area contributed by atoms with Crippen molar-refractivity contribution in [1.82, 2.24) is 29.8 Å². The molecule has 0 amide bonds. The number of benzene rings is 4. The third kappa shape index (κ3) is 6.86. The van der Waals surface area contributed by atoms with Crippen molar-refractivity contribution in [3.63, 3.8) is 0 Å². The minimum absolute atomic E-state index is 0.0239. The summed E-state index contributed by atoms with van der Waals surface area (Å²) in [5.41, 5.74) is 10.2. The number of hydrogen-bond donors (Lipinski definition) is 2. The Morgan fingerprint density at radius 2 is 1.21 bits per heavy atom. The second kappa shape index (κ2) is 14.6. The Bertz CT molecular complexity index is 3000. The lowest BCUT2D eigenvalue weighted by Gasteiger charge is -2.20. The van der Waals surface area contributed by atoms with E-state index in [-0.39, 0.29) is 16.3 Å². The molecule has 0 fully saturated rings. The number of aromatic amines is 2. The molecule has 292 valence electrons. The molecule has 0 saturated heterocycles. The van der Waals surface area contributed by atoms with E-state index < -0.39 is 0 Å². The molecule has 11 heteroatoms. The van der Waals surface area contributed by atoms with Gasteiger partial charge in [0, 0.05) is 56.6 Å². The van der Waals surface area contributed by atoms with Crippen LogP contribution in [0, 0.1) is 33.1 Å². The molecule has 2 N–H and O–H groups in total. The van der Waals surface area contributed by atoms with Gasteiger partial charge in [-0.05, 0) is 96.1 Å². The quantitative estimate of drug-likeness (QED) is 0.167. The summed E-state index contributed by atoms with van der Waals surface area (Å²) >= 11 is 0. The molecule has 4 aromatic carbocycles. The van der Waals surface area contributed by atoms with Gasteiger partial charge < -0.3 is 14.9 Å². The minimum Gasteiger partial charge on any atom is -0.357 e. The average molecular weight is 770 g/mol. The number of rotatable bonds is 5. The second-order valence-electron chi connectivity index (χ2n) is 16.1. The molecule has 5 heterocycles. The van der Waals surface area contributed by atoms with Crippen LogP contribution < -0.4 is 15.8 Å². The number of aliphatic imine (C=N–C) groups is 1. The van der Waals surface area contributed by atoms with Crippen LogP contribution in [-0.2, 0) is 0 Å². The van der Waals surface area contributed by atoms with E-state index >= 15 is 0 Å². The van der Waals surface area contributed by atoms with Crippen molar-refractivity contribution in [3.05, 3.63) is 134 Å². The molecule has 1 aliphatic rings. The summed E-state index contributed by atoms with van der Waals surface area (Å²) in [6.07, 6.45) is 0. The van der Waals surface area contributed by atoms with Gasteiger partial charge in [-0.3, -0.25) is 9.59 Å². The van der Waals surface area contributed by atoms with E-state index in [1.165, 1.54) is 5.56 Å². The molecule has 0 aliphatic carbocycles. The number of aryl methyl sites for hydroxylation is 4. The monoisotopic (exact) mass is 769 g/mol. The summed E-state index contributed by atoms with van der Waals surface area (Å²) in [4.78, 5) is 44.6. The standard InChI is InChI=1S/C25H31N7.C22H16N2O2/c1-8-31(9-2)20-14-13-19(17(4)26-20)27-21-22(25(5,6)7)30-32-23(28-29-24(21)32)18-12-10-11-16(3)15-18;1-11-3-5-17-13(7-11)21(25)15-9-20-16(10-19(15)23-17)22(26)14-8-12(2)4-6-18(14)24-20/h10-15H,8-9H2,1-7H3;3-10H,1-2H3,(H,23,25)(H,24,26). The van der Waals surface area contributed by atoms with E-state index in [1.54, 1.807) is 12.1 Å². The van der Waals surface area contributed by atoms with E-state index in [0.717, 1.165) is 75.3 Å². The zero-order valence-corrected chi connectivity index (χ0v) is 34.4. The Morgan fingerprint density at radius 1 is 0.655 bits per heavy atom. The van der Waals surface area contributed by atoms with E-state index in [1.807, 2.05) is 86.1 Å². The molecule has 11 nitrogen and oxygen atoms in total. The van der Waals surface area contributed by atoms with Crippen molar-refractivity contribution >= 4 is 66.5 Å². The molecule has 0 saturated carbocycles. The number of aromatic nitrogens is 6. The Morgan fingerprint density at radius 3 is 1.74 bits per heavy atom. The van der Waals surface area contributed by atoms with Gasteiger partial charge in [0.1, 0.15) is 11.5 Å². The van der Waals surface area contributed by atoms with Gasteiger partial charge in [0.05, 0.1) is 28.1 Å². The van der Waals surface area contributed by atoms with Crippen LogP contribution in [0.3, 0.4) is 0 Å². The summed E-state index contributed by atoms with van der Waals surface area (Å²) in [7, 11) is 0. The van der Waals surface area contributed by atoms with Crippen molar-refractivity contribution in [3.8, 4) is 11.4 Å². The Kier molecular flexibility index (Phi) is 9.63. The summed E-state index contributed by atoms with van der Waals surface area (Å²) in [5, 5.41) is 16.3. The SMILES string of the molecule is CCN(CC)c1ccc(N=C2C(C(C)(C)C)=Nn3c2nnc3-c2cccc(C)c2)c(C)n1.Cc1ccc2[nH]c3cc4c(=O)c5cc(C)ccc5[nH]c4cc3c(=O)c2c1. The van der Waals surface area contributed by atoms with Gasteiger partial charge in [0.2, 0.25) is 5.82 Å². The third-order valence-electron chi connectivity index (χ3n) is 10.7. The number of H-pyrrole nitrogens is 2. The van der Waals surface area contributed by atoms with E-state index in [4.69, 9.17) is 15.1 Å². The van der Waals surface area contributed by atoms with Gasteiger partial charge in [0.15, 0.2) is 16.7 Å². The highest BCUT2D eigenvalue weighted by Crippen LogP contribution is 2.31. The fraction of sp³-hybridized carbons (Fsp3) is 0.255. The molecule has 0 unspecified atom stereocenters. The molecular weight excluding hydrogens is 723 g/mol. The molecule has 9 rings (SSSR count). The lowest BCUT2D eigenvalue weighted by molar-refractivity contribution is 0.594. The van der Waals surface area contributed by atoms with Crippen LogP contribution in [0.15, 0.2) is 105 Å². The number of fused-ring (bicyclic) bond motifs is 5. The van der Waals surface area contributed by atoms with Crippen LogP contribution in [-0.4, -0.2) is 54.3 Å². The molecule has 0 atom stereocenters. The predicted molar refractivity (Wildman–Crippen MR) is 238 cm³/mol. The summed E-state index contributed by atoms with van der Waals surface area (Å²) < 4.78 is 1.82. The molecular formula is C47H47N9O2. The summed E-state index contributed by atoms with van der Waals surface area (Å²) in [6.45, 7) is 20.5. The Labute approximate surface area is 336 Å². The normalized spacial score (nSPS) is 13.3. The van der Waals surface area contributed by atoms with Gasteiger partial charge in [0.25, 0.3) is 0 Å². The van der Waals surface area contributed by atoms with Crippen molar-refractivity contribution in [2.24, 2.45) is 15.5 Å². The number of anilines is 1. The zero-order chi connectivity index (χ0) is 41.0. The first-order valence-electron chi connectivity index (χ1n) is 19.7. The number of pyridine rings is 3. The van der Waals surface area contributed by atoms with Crippen molar-refractivity contribution < 1.29 is 0 Å². The molecule has 4 aromatic heterocycles. The first-order chi connectivity index (χ1) is 27.7. The largest absolute Gasteiger partial charge is 0.357 e. The zero-order valence-electron chi connectivity index (χ0n) is 34.4. The van der Waals surface area contributed by atoms with Gasteiger partial charge in [-0.2, -0.15) is 9.78 Å². The maximum atomic E-state index is 13.0. The predicted octanol–water partition coefficient (Wildman–Crippen LogP) is 9.48. The highest BCUT2D eigenvalue weighted by Gasteiger charge is 2.35. The van der Waals surface area contributed by atoms with Crippen LogP contribution in [0.2, 0.25) is 0 Å². The van der Waals surface area contributed by atoms with Gasteiger partial charge in [-0.15, -0.1) is 10.2 Å². The van der Waals surface area contributed by atoms with Crippen LogP contribution in [0.25, 0.3) is 55.0 Å². The van der Waals surface area contributed by atoms with Gasteiger partial charge in [-0.1, -0.05) is 67.8 Å².